The van der Waals surface area contributed by atoms with Gasteiger partial charge in [-0.3, -0.25) is 9.59 Å². The van der Waals surface area contributed by atoms with Crippen molar-refractivity contribution in [3.8, 4) is 0 Å². The van der Waals surface area contributed by atoms with Gasteiger partial charge in [-0.1, -0.05) is 53.8 Å². The summed E-state index contributed by atoms with van der Waals surface area (Å²) in [6.07, 6.45) is 0.445. The van der Waals surface area contributed by atoms with Crippen molar-refractivity contribution in [1.29, 1.82) is 0 Å². The largest absolute Gasteiger partial charge is 0.368 e. The molecule has 0 bridgehead atoms. The number of carbonyl (C=O) groups is 2. The first kappa shape index (κ1) is 18.8. The molecule has 1 atom stereocenters. The Morgan fingerprint density at radius 2 is 1.77 bits per heavy atom. The number of carbonyl (C=O) groups excluding carboxylic acids is 2. The summed E-state index contributed by atoms with van der Waals surface area (Å²) in [5.41, 5.74) is 8.71. The van der Waals surface area contributed by atoms with Crippen LogP contribution in [0.5, 0.6) is 0 Å². The van der Waals surface area contributed by atoms with Crippen molar-refractivity contribution >= 4 is 54.8 Å². The molecule has 1 aliphatic rings. The number of fused-ring (bicyclic) bond motifs is 2. The highest BCUT2D eigenvalue weighted by Gasteiger charge is 2.34. The fourth-order valence-corrected chi connectivity index (χ4v) is 5.76. The molecule has 2 aromatic carbocycles. The summed E-state index contributed by atoms with van der Waals surface area (Å²) in [5, 5.41) is 4.06. The number of nitrogens with one attached hydrogen (secondary N) is 1. The molecule has 150 valence electrons. The molecule has 4 aromatic rings. The van der Waals surface area contributed by atoms with Gasteiger partial charge in [0.05, 0.1) is 9.58 Å². The number of hydrogen-bond acceptors (Lipinski definition) is 6. The fraction of sp³-hybridized carbons (Fsp3) is 0.136. The predicted octanol–water partition coefficient (Wildman–Crippen LogP) is 4.15. The average molecular weight is 435 g/mol. The first-order valence-electron chi connectivity index (χ1n) is 9.48. The molecule has 3 N–H and O–H groups in total. The second-order valence-corrected chi connectivity index (χ2v) is 9.18. The first-order chi connectivity index (χ1) is 14.6. The SMILES string of the molecule is NC(=O)[C@H]1Cc2ccccc2CN1C(=O)c1cc2sc(Nc3ccccc3)nc2s1. The van der Waals surface area contributed by atoms with Crippen molar-refractivity contribution in [1.82, 2.24) is 9.88 Å². The van der Waals surface area contributed by atoms with Gasteiger partial charge in [-0.2, -0.15) is 0 Å². The minimum atomic E-state index is -0.643. The minimum absolute atomic E-state index is 0.180. The third kappa shape index (κ3) is 3.44. The maximum atomic E-state index is 13.3. The van der Waals surface area contributed by atoms with E-state index in [1.54, 1.807) is 4.90 Å². The lowest BCUT2D eigenvalue weighted by Crippen LogP contribution is -2.51. The van der Waals surface area contributed by atoms with Gasteiger partial charge in [-0.15, -0.1) is 11.3 Å². The van der Waals surface area contributed by atoms with Crippen molar-refractivity contribution in [2.75, 3.05) is 5.32 Å². The third-order valence-electron chi connectivity index (χ3n) is 5.16. The number of hydrogen-bond donors (Lipinski definition) is 2. The van der Waals surface area contributed by atoms with Gasteiger partial charge in [0.15, 0.2) is 5.13 Å². The van der Waals surface area contributed by atoms with Crippen molar-refractivity contribution < 1.29 is 9.59 Å². The summed E-state index contributed by atoms with van der Waals surface area (Å²) in [6, 6.07) is 18.9. The molecule has 0 radical (unpaired) electrons. The molecule has 0 aliphatic carbocycles. The van der Waals surface area contributed by atoms with Gasteiger partial charge in [0.2, 0.25) is 5.91 Å². The molecule has 2 aromatic heterocycles. The lowest BCUT2D eigenvalue weighted by molar-refractivity contribution is -0.122. The molecule has 5 rings (SSSR count). The standard InChI is InChI=1S/C22H18N4O2S2/c23-19(27)16-10-13-6-4-5-7-14(13)12-26(16)21(28)18-11-17-20(29-18)25-22(30-17)24-15-8-2-1-3-9-15/h1-9,11,16H,10,12H2,(H2,23,27)(H,24,25)/t16-/m1/s1. The summed E-state index contributed by atoms with van der Waals surface area (Å²) in [6.45, 7) is 0.377. The second-order valence-electron chi connectivity index (χ2n) is 7.11. The number of anilines is 2. The van der Waals surface area contributed by atoms with Gasteiger partial charge in [0.25, 0.3) is 5.91 Å². The maximum Gasteiger partial charge on any atom is 0.265 e. The summed E-state index contributed by atoms with van der Waals surface area (Å²) >= 11 is 2.84. The van der Waals surface area contributed by atoms with Crippen LogP contribution in [-0.4, -0.2) is 27.7 Å². The highest BCUT2D eigenvalue weighted by molar-refractivity contribution is 7.29. The average Bonchev–Trinajstić information content (AvgIpc) is 3.31. The van der Waals surface area contributed by atoms with Gasteiger partial charge < -0.3 is 16.0 Å². The number of benzene rings is 2. The zero-order valence-electron chi connectivity index (χ0n) is 15.9. The van der Waals surface area contributed by atoms with E-state index >= 15 is 0 Å². The van der Waals surface area contributed by atoms with Crippen LogP contribution in [0.25, 0.3) is 9.53 Å². The Morgan fingerprint density at radius 1 is 1.03 bits per heavy atom. The fourth-order valence-electron chi connectivity index (χ4n) is 3.67. The van der Waals surface area contributed by atoms with Gasteiger partial charge in [0.1, 0.15) is 10.9 Å². The molecule has 0 saturated heterocycles. The van der Waals surface area contributed by atoms with Crippen LogP contribution in [0.4, 0.5) is 10.8 Å². The summed E-state index contributed by atoms with van der Waals surface area (Å²) in [4.78, 5) is 32.9. The summed E-state index contributed by atoms with van der Waals surface area (Å²) < 4.78 is 0.940. The predicted molar refractivity (Wildman–Crippen MR) is 120 cm³/mol. The first-order valence-corrected chi connectivity index (χ1v) is 11.1. The third-order valence-corrected chi connectivity index (χ3v) is 7.23. The van der Waals surface area contributed by atoms with Crippen LogP contribution < -0.4 is 11.1 Å². The zero-order chi connectivity index (χ0) is 20.7. The molecule has 6 nitrogen and oxygen atoms in total. The normalized spacial score (nSPS) is 15.7. The van der Waals surface area contributed by atoms with Crippen LogP contribution in [0.1, 0.15) is 20.8 Å². The molecule has 1 aliphatic heterocycles. The van der Waals surface area contributed by atoms with E-state index in [9.17, 15) is 9.59 Å². The maximum absolute atomic E-state index is 13.3. The molecule has 0 unspecified atom stereocenters. The van der Waals surface area contributed by atoms with Crippen LogP contribution in [0.3, 0.4) is 0 Å². The number of thiophene rings is 1. The number of primary amides is 1. The number of rotatable bonds is 4. The van der Waals surface area contributed by atoms with Crippen LogP contribution in [-0.2, 0) is 17.8 Å². The highest BCUT2D eigenvalue weighted by atomic mass is 32.1. The van der Waals surface area contributed by atoms with E-state index in [0.29, 0.717) is 17.8 Å². The molecule has 0 fully saturated rings. The van der Waals surface area contributed by atoms with E-state index in [1.165, 1.54) is 22.7 Å². The molecular weight excluding hydrogens is 416 g/mol. The minimum Gasteiger partial charge on any atom is -0.368 e. The number of thiazole rings is 1. The zero-order valence-corrected chi connectivity index (χ0v) is 17.5. The number of nitrogens with two attached hydrogens (primary N) is 1. The van der Waals surface area contributed by atoms with Crippen molar-refractivity contribution in [2.45, 2.75) is 19.0 Å². The molecule has 8 heteroatoms. The van der Waals surface area contributed by atoms with Gasteiger partial charge in [-0.25, -0.2) is 4.98 Å². The number of amides is 2. The molecular formula is C22H18N4O2S2. The van der Waals surface area contributed by atoms with E-state index in [4.69, 9.17) is 5.73 Å². The smallest absolute Gasteiger partial charge is 0.265 e. The molecule has 2 amide bonds. The van der Waals surface area contributed by atoms with E-state index in [1.807, 2.05) is 60.7 Å². The van der Waals surface area contributed by atoms with Crippen molar-refractivity contribution in [2.24, 2.45) is 5.73 Å². The Morgan fingerprint density at radius 3 is 2.50 bits per heavy atom. The van der Waals surface area contributed by atoms with Crippen molar-refractivity contribution in [3.05, 3.63) is 76.7 Å². The van der Waals surface area contributed by atoms with E-state index < -0.39 is 11.9 Å². The monoisotopic (exact) mass is 434 g/mol. The van der Waals surface area contributed by atoms with Crippen LogP contribution in [0.15, 0.2) is 60.7 Å². The Labute approximate surface area is 181 Å². The Kier molecular flexibility index (Phi) is 4.72. The molecule has 0 saturated carbocycles. The lowest BCUT2D eigenvalue weighted by atomic mass is 9.93. The van der Waals surface area contributed by atoms with Gasteiger partial charge in [-0.05, 0) is 29.3 Å². The Hall–Kier alpha value is -3.23. The number of aromatic nitrogens is 1. The lowest BCUT2D eigenvalue weighted by Gasteiger charge is -2.34. The summed E-state index contributed by atoms with van der Waals surface area (Å²) in [5.74, 6) is -0.662. The van der Waals surface area contributed by atoms with Crippen molar-refractivity contribution in [3.63, 3.8) is 0 Å². The van der Waals surface area contributed by atoms with Gasteiger partial charge in [0, 0.05) is 18.7 Å². The number of nitrogens with zero attached hydrogens (tertiary/aromatic N) is 2. The molecule has 3 heterocycles. The van der Waals surface area contributed by atoms with Crippen LogP contribution >= 0.6 is 22.7 Å². The van der Waals surface area contributed by atoms with Gasteiger partial charge >= 0.3 is 0 Å². The van der Waals surface area contributed by atoms with Crippen LogP contribution in [0, 0.1) is 0 Å². The summed E-state index contributed by atoms with van der Waals surface area (Å²) in [7, 11) is 0. The topological polar surface area (TPSA) is 88.3 Å². The van der Waals surface area contributed by atoms with E-state index in [2.05, 4.69) is 10.3 Å². The quantitative estimate of drug-likeness (QED) is 0.505. The molecule has 0 spiro atoms. The highest BCUT2D eigenvalue weighted by Crippen LogP contribution is 2.35. The molecule has 30 heavy (non-hydrogen) atoms. The van der Waals surface area contributed by atoms with E-state index in [-0.39, 0.29) is 5.91 Å². The second kappa shape index (κ2) is 7.55. The Balaban J connectivity index is 1.41. The van der Waals surface area contributed by atoms with Crippen LogP contribution in [0.2, 0.25) is 0 Å². The van der Waals surface area contributed by atoms with E-state index in [0.717, 1.165) is 31.5 Å². The number of para-hydroxylation sites is 1. The Bertz CT molecular complexity index is 1220.